The van der Waals surface area contributed by atoms with Crippen molar-refractivity contribution in [1.82, 2.24) is 10.6 Å². The van der Waals surface area contributed by atoms with E-state index in [-0.39, 0.29) is 23.4 Å². The van der Waals surface area contributed by atoms with Crippen molar-refractivity contribution in [3.05, 3.63) is 45.3 Å². The Morgan fingerprint density at radius 3 is 2.80 bits per heavy atom. The van der Waals surface area contributed by atoms with E-state index in [1.807, 2.05) is 36.0 Å². The average Bonchev–Trinajstić information content (AvgIpc) is 2.99. The van der Waals surface area contributed by atoms with Gasteiger partial charge in [-0.3, -0.25) is 10.1 Å². The molecule has 1 aromatic rings. The molecule has 3 aliphatic rings. The first-order valence-corrected chi connectivity index (χ1v) is 8.18. The van der Waals surface area contributed by atoms with Gasteiger partial charge in [-0.15, -0.1) is 11.8 Å². The Morgan fingerprint density at radius 2 is 2.00 bits per heavy atom. The van der Waals surface area contributed by atoms with E-state index in [0.717, 1.165) is 18.4 Å². The van der Waals surface area contributed by atoms with Crippen molar-refractivity contribution in [2.24, 2.45) is 5.92 Å². The van der Waals surface area contributed by atoms with Gasteiger partial charge in [-0.2, -0.15) is 0 Å². The fourth-order valence-electron chi connectivity index (χ4n) is 3.31. The lowest BCUT2D eigenvalue weighted by molar-refractivity contribution is -0.127. The van der Waals surface area contributed by atoms with E-state index in [0.29, 0.717) is 5.02 Å². The summed E-state index contributed by atoms with van der Waals surface area (Å²) in [4.78, 5) is 13.9. The molecule has 4 rings (SSSR count). The van der Waals surface area contributed by atoms with Crippen LogP contribution < -0.4 is 10.6 Å². The fourth-order valence-corrected chi connectivity index (χ4v) is 5.01. The van der Waals surface area contributed by atoms with Crippen molar-refractivity contribution in [3.8, 4) is 0 Å². The van der Waals surface area contributed by atoms with Crippen LogP contribution in [0.1, 0.15) is 31.0 Å². The average molecular weight is 307 g/mol. The number of benzene rings is 1. The van der Waals surface area contributed by atoms with Gasteiger partial charge < -0.3 is 5.32 Å². The highest BCUT2D eigenvalue weighted by atomic mass is 35.5. The zero-order valence-corrected chi connectivity index (χ0v) is 12.4. The molecule has 104 valence electrons. The first-order chi connectivity index (χ1) is 9.72. The number of fused-ring (bicyclic) bond motifs is 2. The summed E-state index contributed by atoms with van der Waals surface area (Å²) in [5, 5.41) is 7.55. The quantitative estimate of drug-likeness (QED) is 0.837. The lowest BCUT2D eigenvalue weighted by atomic mass is 9.94. The largest absolute Gasteiger partial charge is 0.336 e. The summed E-state index contributed by atoms with van der Waals surface area (Å²) in [6.45, 7) is 0. The second kappa shape index (κ2) is 4.79. The van der Waals surface area contributed by atoms with Gasteiger partial charge in [0.05, 0.1) is 11.3 Å². The molecule has 1 amide bonds. The predicted molar refractivity (Wildman–Crippen MR) is 81.2 cm³/mol. The maximum Gasteiger partial charge on any atom is 0.231 e. The minimum Gasteiger partial charge on any atom is -0.336 e. The van der Waals surface area contributed by atoms with Crippen molar-refractivity contribution < 1.29 is 4.79 Å². The number of hydrogen-bond acceptors (Lipinski definition) is 3. The number of amides is 1. The fraction of sp³-hybridized carbons (Fsp3) is 0.400. The third-order valence-corrected chi connectivity index (χ3v) is 5.92. The van der Waals surface area contributed by atoms with Gasteiger partial charge in [-0.05, 0) is 47.4 Å². The molecule has 3 unspecified atom stereocenters. The molecule has 3 atom stereocenters. The summed E-state index contributed by atoms with van der Waals surface area (Å²) in [5.41, 5.74) is 2.42. The van der Waals surface area contributed by atoms with Crippen LogP contribution in [0.5, 0.6) is 0 Å². The molecule has 5 heteroatoms. The monoisotopic (exact) mass is 306 g/mol. The molecule has 1 saturated heterocycles. The molecule has 2 aliphatic heterocycles. The zero-order chi connectivity index (χ0) is 13.7. The van der Waals surface area contributed by atoms with Crippen LogP contribution in [0.25, 0.3) is 0 Å². The van der Waals surface area contributed by atoms with Crippen LogP contribution in [0.2, 0.25) is 5.02 Å². The number of hydrogen-bond donors (Lipinski definition) is 2. The minimum absolute atomic E-state index is 0.0288. The van der Waals surface area contributed by atoms with E-state index in [1.54, 1.807) is 0 Å². The zero-order valence-electron chi connectivity index (χ0n) is 10.9. The molecule has 3 nitrogen and oxygen atoms in total. The molecule has 2 heterocycles. The normalized spacial score (nSPS) is 32.0. The molecule has 0 bridgehead atoms. The third kappa shape index (κ3) is 1.98. The van der Waals surface area contributed by atoms with Gasteiger partial charge in [0.15, 0.2) is 0 Å². The Balaban J connectivity index is 1.58. The van der Waals surface area contributed by atoms with Crippen molar-refractivity contribution in [1.29, 1.82) is 0 Å². The van der Waals surface area contributed by atoms with Crippen LogP contribution in [0.3, 0.4) is 0 Å². The predicted octanol–water partition coefficient (Wildman–Crippen LogP) is 3.19. The Bertz CT molecular complexity index is 598. The van der Waals surface area contributed by atoms with Gasteiger partial charge in [0.2, 0.25) is 5.91 Å². The van der Waals surface area contributed by atoms with Gasteiger partial charge in [0.1, 0.15) is 6.17 Å². The van der Waals surface area contributed by atoms with Crippen LogP contribution >= 0.6 is 23.4 Å². The summed E-state index contributed by atoms with van der Waals surface area (Å²) in [5.74, 6) is 0.189. The highest BCUT2D eigenvalue weighted by Crippen LogP contribution is 2.50. The number of carbonyl (C=O) groups is 1. The third-order valence-electron chi connectivity index (χ3n) is 4.26. The maximum atomic E-state index is 12.4. The number of halogens is 1. The van der Waals surface area contributed by atoms with Gasteiger partial charge in [0.25, 0.3) is 0 Å². The van der Waals surface area contributed by atoms with E-state index in [2.05, 4.69) is 10.6 Å². The van der Waals surface area contributed by atoms with Crippen LogP contribution in [-0.4, -0.2) is 11.3 Å². The van der Waals surface area contributed by atoms with Gasteiger partial charge in [-0.1, -0.05) is 23.7 Å². The van der Waals surface area contributed by atoms with E-state index in [1.165, 1.54) is 16.9 Å². The number of carbonyl (C=O) groups excluding carboxylic acids is 1. The number of rotatable bonds is 1. The summed E-state index contributed by atoms with van der Waals surface area (Å²) in [6.07, 6.45) is 3.32. The highest BCUT2D eigenvalue weighted by Gasteiger charge is 2.45. The molecular weight excluding hydrogens is 292 g/mol. The Morgan fingerprint density at radius 1 is 1.20 bits per heavy atom. The number of allylic oxidation sites excluding steroid dienone is 1. The topological polar surface area (TPSA) is 41.1 Å². The number of nitrogens with one attached hydrogen (secondary N) is 2. The van der Waals surface area contributed by atoms with E-state index in [9.17, 15) is 4.79 Å². The molecule has 1 aliphatic carbocycles. The molecule has 0 radical (unpaired) electrons. The van der Waals surface area contributed by atoms with Crippen LogP contribution in [0.15, 0.2) is 34.7 Å². The minimum atomic E-state index is -0.117. The Hall–Kier alpha value is -0.970. The summed E-state index contributed by atoms with van der Waals surface area (Å²) < 4.78 is 0. The van der Waals surface area contributed by atoms with E-state index >= 15 is 0 Å². The van der Waals surface area contributed by atoms with Gasteiger partial charge in [0, 0.05) is 5.02 Å². The molecule has 0 spiro atoms. The second-order valence-corrected chi connectivity index (χ2v) is 7.15. The van der Waals surface area contributed by atoms with Crippen LogP contribution in [0, 0.1) is 5.92 Å². The van der Waals surface area contributed by atoms with Crippen LogP contribution in [0.4, 0.5) is 0 Å². The molecule has 1 aromatic carbocycles. The van der Waals surface area contributed by atoms with Crippen molar-refractivity contribution >= 4 is 29.3 Å². The van der Waals surface area contributed by atoms with Gasteiger partial charge >= 0.3 is 0 Å². The first kappa shape index (κ1) is 12.7. The van der Waals surface area contributed by atoms with Crippen molar-refractivity contribution in [2.75, 3.05) is 0 Å². The SMILES string of the molecule is O=C1NC(c2ccc(Cl)cc2)NC2SC3=C(CCC3)C12. The molecule has 0 aromatic heterocycles. The molecule has 2 N–H and O–H groups in total. The summed E-state index contributed by atoms with van der Waals surface area (Å²) in [6, 6.07) is 7.64. The van der Waals surface area contributed by atoms with E-state index < -0.39 is 0 Å². The lowest BCUT2D eigenvalue weighted by Gasteiger charge is -2.35. The summed E-state index contributed by atoms with van der Waals surface area (Å²) >= 11 is 7.77. The molecule has 20 heavy (non-hydrogen) atoms. The smallest absolute Gasteiger partial charge is 0.231 e. The highest BCUT2D eigenvalue weighted by molar-refractivity contribution is 8.04. The standard InChI is InChI=1S/C15H15ClN2OS/c16-9-6-4-8(5-7-9)13-17-14(19)12-10-2-1-3-11(10)20-15(12)18-13/h4-7,12-13,15,18H,1-3H2,(H,17,19). The van der Waals surface area contributed by atoms with Crippen molar-refractivity contribution in [3.63, 3.8) is 0 Å². The molecule has 1 fully saturated rings. The maximum absolute atomic E-state index is 12.4. The first-order valence-electron chi connectivity index (χ1n) is 6.93. The Kier molecular flexibility index (Phi) is 3.05. The van der Waals surface area contributed by atoms with Gasteiger partial charge in [-0.25, -0.2) is 0 Å². The van der Waals surface area contributed by atoms with Crippen LogP contribution in [-0.2, 0) is 4.79 Å². The van der Waals surface area contributed by atoms with E-state index in [4.69, 9.17) is 11.6 Å². The number of thioether (sulfide) groups is 1. The molecule has 0 saturated carbocycles. The summed E-state index contributed by atoms with van der Waals surface area (Å²) in [7, 11) is 0. The molecular formula is C15H15ClN2OS. The second-order valence-electron chi connectivity index (χ2n) is 5.48. The van der Waals surface area contributed by atoms with Crippen molar-refractivity contribution in [2.45, 2.75) is 30.8 Å². The lowest BCUT2D eigenvalue weighted by Crippen LogP contribution is -2.54. The Labute approximate surface area is 127 Å².